The van der Waals surface area contributed by atoms with Crippen molar-refractivity contribution >= 4 is 5.91 Å². The van der Waals surface area contributed by atoms with Gasteiger partial charge in [0.05, 0.1) is 12.2 Å². The Balaban J connectivity index is 3.64. The molecule has 4 heteroatoms. The lowest BCUT2D eigenvalue weighted by Gasteiger charge is -2.24. The van der Waals surface area contributed by atoms with Crippen LogP contribution in [-0.2, 0) is 14.3 Å². The molecule has 1 amide bonds. The van der Waals surface area contributed by atoms with E-state index in [1.165, 1.54) is 0 Å². The van der Waals surface area contributed by atoms with Crippen molar-refractivity contribution in [1.82, 2.24) is 5.32 Å². The SMILES string of the molecule is CCCCNC(=O)COC(C)(C)COCC. The molecule has 0 saturated carbocycles. The molecular weight excluding hydrogens is 206 g/mol. The highest BCUT2D eigenvalue weighted by atomic mass is 16.5. The van der Waals surface area contributed by atoms with E-state index in [4.69, 9.17) is 9.47 Å². The van der Waals surface area contributed by atoms with Crippen molar-refractivity contribution in [3.8, 4) is 0 Å². The maximum Gasteiger partial charge on any atom is 0.246 e. The number of carbonyl (C=O) groups is 1. The quantitative estimate of drug-likeness (QED) is 0.615. The van der Waals surface area contributed by atoms with E-state index >= 15 is 0 Å². The van der Waals surface area contributed by atoms with Gasteiger partial charge in [-0.2, -0.15) is 0 Å². The summed E-state index contributed by atoms with van der Waals surface area (Å²) in [4.78, 5) is 11.4. The number of hydrogen-bond acceptors (Lipinski definition) is 3. The predicted molar refractivity (Wildman–Crippen MR) is 64.4 cm³/mol. The van der Waals surface area contributed by atoms with Gasteiger partial charge in [0.25, 0.3) is 0 Å². The third-order valence-corrected chi connectivity index (χ3v) is 2.10. The number of ether oxygens (including phenoxy) is 2. The van der Waals surface area contributed by atoms with Crippen LogP contribution >= 0.6 is 0 Å². The van der Waals surface area contributed by atoms with E-state index in [0.717, 1.165) is 19.4 Å². The summed E-state index contributed by atoms with van der Waals surface area (Å²) in [5, 5.41) is 2.81. The highest BCUT2D eigenvalue weighted by Crippen LogP contribution is 2.08. The highest BCUT2D eigenvalue weighted by Gasteiger charge is 2.19. The summed E-state index contributed by atoms with van der Waals surface area (Å²) in [5.41, 5.74) is -0.405. The molecule has 0 aliphatic heterocycles. The summed E-state index contributed by atoms with van der Waals surface area (Å²) >= 11 is 0. The summed E-state index contributed by atoms with van der Waals surface area (Å²) in [7, 11) is 0. The zero-order valence-electron chi connectivity index (χ0n) is 11.0. The minimum atomic E-state index is -0.405. The molecule has 0 atom stereocenters. The summed E-state index contributed by atoms with van der Waals surface area (Å²) in [5.74, 6) is -0.0574. The van der Waals surface area contributed by atoms with Gasteiger partial charge in [-0.1, -0.05) is 13.3 Å². The molecule has 0 aromatic carbocycles. The van der Waals surface area contributed by atoms with E-state index in [-0.39, 0.29) is 12.5 Å². The Hall–Kier alpha value is -0.610. The molecule has 0 heterocycles. The Bertz CT molecular complexity index is 193. The van der Waals surface area contributed by atoms with E-state index in [1.54, 1.807) is 0 Å². The summed E-state index contributed by atoms with van der Waals surface area (Å²) in [6, 6.07) is 0. The van der Waals surface area contributed by atoms with Crippen LogP contribution in [0.1, 0.15) is 40.5 Å². The standard InChI is InChI=1S/C12H25NO3/c1-5-7-8-13-11(14)9-16-12(3,4)10-15-6-2/h5-10H2,1-4H3,(H,13,14). The molecule has 0 spiro atoms. The lowest BCUT2D eigenvalue weighted by atomic mass is 10.1. The topological polar surface area (TPSA) is 47.6 Å². The van der Waals surface area contributed by atoms with Crippen molar-refractivity contribution in [3.05, 3.63) is 0 Å². The summed E-state index contributed by atoms with van der Waals surface area (Å²) in [6.45, 7) is 9.86. The number of rotatable bonds is 9. The normalized spacial score (nSPS) is 11.5. The van der Waals surface area contributed by atoms with Crippen LogP contribution in [0.4, 0.5) is 0 Å². The molecule has 0 fully saturated rings. The van der Waals surface area contributed by atoms with Crippen molar-refractivity contribution in [2.24, 2.45) is 0 Å². The molecule has 96 valence electrons. The summed E-state index contributed by atoms with van der Waals surface area (Å²) in [6.07, 6.45) is 2.09. The maximum atomic E-state index is 11.4. The largest absolute Gasteiger partial charge is 0.379 e. The molecule has 0 bridgehead atoms. The van der Waals surface area contributed by atoms with Gasteiger partial charge in [0.15, 0.2) is 0 Å². The molecule has 1 N–H and O–H groups in total. The van der Waals surface area contributed by atoms with Crippen LogP contribution in [0.2, 0.25) is 0 Å². The molecule has 0 saturated heterocycles. The predicted octanol–water partition coefficient (Wildman–Crippen LogP) is 1.73. The van der Waals surface area contributed by atoms with Gasteiger partial charge < -0.3 is 14.8 Å². The Morgan fingerprint density at radius 1 is 1.31 bits per heavy atom. The fourth-order valence-electron chi connectivity index (χ4n) is 1.11. The van der Waals surface area contributed by atoms with Gasteiger partial charge in [-0.15, -0.1) is 0 Å². The van der Waals surface area contributed by atoms with E-state index in [9.17, 15) is 4.79 Å². The van der Waals surface area contributed by atoms with Crippen LogP contribution in [0, 0.1) is 0 Å². The first-order valence-electron chi connectivity index (χ1n) is 6.00. The molecule has 16 heavy (non-hydrogen) atoms. The van der Waals surface area contributed by atoms with Gasteiger partial charge in [-0.25, -0.2) is 0 Å². The van der Waals surface area contributed by atoms with Gasteiger partial charge >= 0.3 is 0 Å². The monoisotopic (exact) mass is 231 g/mol. The van der Waals surface area contributed by atoms with Crippen LogP contribution in [0.3, 0.4) is 0 Å². The molecule has 0 aliphatic rings. The van der Waals surface area contributed by atoms with Crippen LogP contribution in [-0.4, -0.2) is 37.9 Å². The van der Waals surface area contributed by atoms with Crippen molar-refractivity contribution in [1.29, 1.82) is 0 Å². The average Bonchev–Trinajstić information content (AvgIpc) is 2.24. The number of nitrogens with one attached hydrogen (secondary N) is 1. The molecule has 4 nitrogen and oxygen atoms in total. The zero-order valence-corrected chi connectivity index (χ0v) is 11.0. The fraction of sp³-hybridized carbons (Fsp3) is 0.917. The Kier molecular flexibility index (Phi) is 8.21. The van der Waals surface area contributed by atoms with Crippen LogP contribution in [0.5, 0.6) is 0 Å². The Morgan fingerprint density at radius 3 is 2.56 bits per heavy atom. The molecule has 0 aliphatic carbocycles. The van der Waals surface area contributed by atoms with Gasteiger partial charge in [-0.3, -0.25) is 4.79 Å². The maximum absolute atomic E-state index is 11.4. The lowest BCUT2D eigenvalue weighted by molar-refractivity contribution is -0.135. The van der Waals surface area contributed by atoms with E-state index in [2.05, 4.69) is 12.2 Å². The first-order chi connectivity index (χ1) is 7.52. The van der Waals surface area contributed by atoms with Gasteiger partial charge in [-0.05, 0) is 27.2 Å². The fourth-order valence-corrected chi connectivity index (χ4v) is 1.11. The minimum absolute atomic E-state index is 0.0574. The molecular formula is C12H25NO3. The first-order valence-corrected chi connectivity index (χ1v) is 6.00. The van der Waals surface area contributed by atoms with E-state index < -0.39 is 5.60 Å². The van der Waals surface area contributed by atoms with Crippen molar-refractivity contribution < 1.29 is 14.3 Å². The van der Waals surface area contributed by atoms with Crippen molar-refractivity contribution in [2.45, 2.75) is 46.1 Å². The molecule has 0 radical (unpaired) electrons. The Morgan fingerprint density at radius 2 is 2.00 bits per heavy atom. The van der Waals surface area contributed by atoms with Crippen LogP contribution < -0.4 is 5.32 Å². The highest BCUT2D eigenvalue weighted by molar-refractivity contribution is 5.77. The molecule has 0 aromatic heterocycles. The smallest absolute Gasteiger partial charge is 0.246 e. The minimum Gasteiger partial charge on any atom is -0.379 e. The number of amides is 1. The van der Waals surface area contributed by atoms with E-state index in [1.807, 2.05) is 20.8 Å². The van der Waals surface area contributed by atoms with Crippen molar-refractivity contribution in [2.75, 3.05) is 26.4 Å². The summed E-state index contributed by atoms with van der Waals surface area (Å²) < 4.78 is 10.8. The van der Waals surface area contributed by atoms with Crippen molar-refractivity contribution in [3.63, 3.8) is 0 Å². The number of hydrogen-bond donors (Lipinski definition) is 1. The molecule has 0 aromatic rings. The van der Waals surface area contributed by atoms with Gasteiger partial charge in [0.1, 0.15) is 6.61 Å². The number of unbranched alkanes of at least 4 members (excludes halogenated alkanes) is 1. The second-order valence-corrected chi connectivity index (χ2v) is 4.39. The lowest BCUT2D eigenvalue weighted by Crippen LogP contribution is -2.36. The second-order valence-electron chi connectivity index (χ2n) is 4.39. The second kappa shape index (κ2) is 8.53. The first kappa shape index (κ1) is 15.4. The van der Waals surface area contributed by atoms with E-state index in [0.29, 0.717) is 13.2 Å². The van der Waals surface area contributed by atoms with Crippen LogP contribution in [0.25, 0.3) is 0 Å². The number of carbonyl (C=O) groups excluding carboxylic acids is 1. The van der Waals surface area contributed by atoms with Gasteiger partial charge in [0.2, 0.25) is 5.91 Å². The molecule has 0 rings (SSSR count). The van der Waals surface area contributed by atoms with Crippen LogP contribution in [0.15, 0.2) is 0 Å². The zero-order chi connectivity index (χ0) is 12.4. The average molecular weight is 231 g/mol. The molecule has 0 unspecified atom stereocenters. The Labute approximate surface area is 98.7 Å². The third-order valence-electron chi connectivity index (χ3n) is 2.10. The third kappa shape index (κ3) is 8.68. The van der Waals surface area contributed by atoms with Gasteiger partial charge in [0, 0.05) is 13.2 Å².